The minimum absolute atomic E-state index is 0.112. The van der Waals surface area contributed by atoms with Crippen molar-refractivity contribution in [3.05, 3.63) is 50.9 Å². The third-order valence-electron chi connectivity index (χ3n) is 2.32. The van der Waals surface area contributed by atoms with Gasteiger partial charge in [0, 0.05) is 18.8 Å². The molecule has 0 aliphatic rings. The Morgan fingerprint density at radius 1 is 1.50 bits per heavy atom. The molecule has 2 heterocycles. The Bertz CT molecular complexity index is 521. The van der Waals surface area contributed by atoms with Crippen LogP contribution in [0.15, 0.2) is 29.9 Å². The van der Waals surface area contributed by atoms with Crippen LogP contribution in [0, 0.1) is 6.92 Å². The van der Waals surface area contributed by atoms with Gasteiger partial charge in [-0.2, -0.15) is 0 Å². The molecule has 0 radical (unpaired) electrons. The molecule has 16 heavy (non-hydrogen) atoms. The van der Waals surface area contributed by atoms with Crippen molar-refractivity contribution in [3.63, 3.8) is 0 Å². The fourth-order valence-corrected chi connectivity index (χ4v) is 2.51. The predicted molar refractivity (Wildman–Crippen MR) is 66.3 cm³/mol. The van der Waals surface area contributed by atoms with Crippen LogP contribution in [0.25, 0.3) is 0 Å². The van der Waals surface area contributed by atoms with Gasteiger partial charge >= 0.3 is 0 Å². The number of hydrogen-bond acceptors (Lipinski definition) is 3. The molecular formula is C12H10ClNOS. The molecule has 0 saturated carbocycles. The molecule has 0 amide bonds. The number of carbonyl (C=O) groups is 1. The van der Waals surface area contributed by atoms with Gasteiger partial charge in [-0.25, -0.2) is 0 Å². The van der Waals surface area contributed by atoms with E-state index in [1.165, 1.54) is 11.3 Å². The van der Waals surface area contributed by atoms with E-state index >= 15 is 0 Å². The van der Waals surface area contributed by atoms with E-state index in [9.17, 15) is 4.79 Å². The fraction of sp³-hybridized carbons (Fsp3) is 0.167. The Balaban J connectivity index is 2.21. The molecule has 2 aromatic rings. The molecular weight excluding hydrogens is 242 g/mol. The highest BCUT2D eigenvalue weighted by atomic mass is 35.5. The number of nitrogens with zero attached hydrogens (tertiary/aromatic N) is 1. The Morgan fingerprint density at radius 3 is 2.94 bits per heavy atom. The Labute approximate surface area is 103 Å². The van der Waals surface area contributed by atoms with E-state index in [2.05, 4.69) is 4.98 Å². The highest BCUT2D eigenvalue weighted by Crippen LogP contribution is 2.20. The zero-order valence-corrected chi connectivity index (χ0v) is 10.3. The molecule has 0 spiro atoms. The summed E-state index contributed by atoms with van der Waals surface area (Å²) in [6, 6.07) is 3.73. The Kier molecular flexibility index (Phi) is 3.36. The molecule has 0 bridgehead atoms. The van der Waals surface area contributed by atoms with Crippen LogP contribution >= 0.6 is 22.9 Å². The van der Waals surface area contributed by atoms with Crippen molar-refractivity contribution in [2.75, 3.05) is 0 Å². The van der Waals surface area contributed by atoms with Crippen LogP contribution in [0.2, 0.25) is 5.02 Å². The van der Waals surface area contributed by atoms with Gasteiger partial charge in [-0.15, -0.1) is 11.3 Å². The third-order valence-corrected chi connectivity index (χ3v) is 3.72. The zero-order chi connectivity index (χ0) is 11.5. The summed E-state index contributed by atoms with van der Waals surface area (Å²) >= 11 is 7.43. The van der Waals surface area contributed by atoms with Crippen molar-refractivity contribution in [3.8, 4) is 0 Å². The Hall–Kier alpha value is -1.19. The molecule has 0 aliphatic heterocycles. The second-order valence-corrected chi connectivity index (χ2v) is 4.82. The number of Topliss-reactive ketones (excluding diaryl/α,β-unsaturated/α-hetero) is 1. The van der Waals surface area contributed by atoms with E-state index in [4.69, 9.17) is 11.6 Å². The summed E-state index contributed by atoms with van der Waals surface area (Å²) in [7, 11) is 0. The first kappa shape index (κ1) is 11.3. The number of thiophene rings is 1. The van der Waals surface area contributed by atoms with E-state index in [0.29, 0.717) is 11.4 Å². The maximum absolute atomic E-state index is 12.0. The van der Waals surface area contributed by atoms with Crippen molar-refractivity contribution in [1.82, 2.24) is 4.98 Å². The number of aromatic nitrogens is 1. The highest BCUT2D eigenvalue weighted by molar-refractivity contribution is 7.12. The van der Waals surface area contributed by atoms with E-state index in [1.807, 2.05) is 18.4 Å². The lowest BCUT2D eigenvalue weighted by molar-refractivity contribution is 0.0996. The van der Waals surface area contributed by atoms with Crippen LogP contribution in [0.5, 0.6) is 0 Å². The summed E-state index contributed by atoms with van der Waals surface area (Å²) in [6.45, 7) is 1.94. The van der Waals surface area contributed by atoms with Gasteiger partial charge < -0.3 is 0 Å². The topological polar surface area (TPSA) is 30.0 Å². The molecule has 0 saturated heterocycles. The molecule has 2 aromatic heterocycles. The SMILES string of the molecule is Cc1ccsc1C(=O)Cc1ccncc1Cl. The van der Waals surface area contributed by atoms with Crippen LogP contribution in [0.4, 0.5) is 0 Å². The van der Waals surface area contributed by atoms with Crippen LogP contribution in [-0.4, -0.2) is 10.8 Å². The maximum Gasteiger partial charge on any atom is 0.177 e. The first-order chi connectivity index (χ1) is 7.68. The van der Waals surface area contributed by atoms with Gasteiger partial charge in [-0.1, -0.05) is 11.6 Å². The van der Waals surface area contributed by atoms with E-state index in [-0.39, 0.29) is 5.78 Å². The molecule has 2 rings (SSSR count). The lowest BCUT2D eigenvalue weighted by Gasteiger charge is -2.02. The smallest absolute Gasteiger partial charge is 0.177 e. The average Bonchev–Trinajstić information content (AvgIpc) is 2.68. The van der Waals surface area contributed by atoms with Gasteiger partial charge in [-0.3, -0.25) is 9.78 Å². The van der Waals surface area contributed by atoms with Gasteiger partial charge in [0.25, 0.3) is 0 Å². The standard InChI is InChI=1S/C12H10ClNOS/c1-8-3-5-16-12(8)11(15)6-9-2-4-14-7-10(9)13/h2-5,7H,6H2,1H3. The maximum atomic E-state index is 12.0. The molecule has 0 aromatic carbocycles. The van der Waals surface area contributed by atoms with Crippen molar-refractivity contribution in [2.45, 2.75) is 13.3 Å². The second-order valence-electron chi connectivity index (χ2n) is 3.50. The monoisotopic (exact) mass is 251 g/mol. The van der Waals surface area contributed by atoms with Crippen LogP contribution in [0.3, 0.4) is 0 Å². The summed E-state index contributed by atoms with van der Waals surface area (Å²) in [5.41, 5.74) is 1.86. The van der Waals surface area contributed by atoms with Gasteiger partial charge in [0.2, 0.25) is 0 Å². The number of hydrogen-bond donors (Lipinski definition) is 0. The molecule has 0 atom stereocenters. The van der Waals surface area contributed by atoms with Gasteiger partial charge in [0.05, 0.1) is 9.90 Å². The van der Waals surface area contributed by atoms with Crippen LogP contribution in [0.1, 0.15) is 20.8 Å². The molecule has 0 unspecified atom stereocenters. The summed E-state index contributed by atoms with van der Waals surface area (Å²) in [6.07, 6.45) is 3.55. The minimum Gasteiger partial charge on any atom is -0.293 e. The van der Waals surface area contributed by atoms with Crippen LogP contribution < -0.4 is 0 Å². The van der Waals surface area contributed by atoms with Crippen molar-refractivity contribution < 1.29 is 4.79 Å². The molecule has 2 nitrogen and oxygen atoms in total. The van der Waals surface area contributed by atoms with Crippen LogP contribution in [-0.2, 0) is 6.42 Å². The zero-order valence-electron chi connectivity index (χ0n) is 8.74. The van der Waals surface area contributed by atoms with E-state index in [0.717, 1.165) is 16.0 Å². The quantitative estimate of drug-likeness (QED) is 0.781. The molecule has 4 heteroatoms. The first-order valence-corrected chi connectivity index (χ1v) is 6.10. The summed E-state index contributed by atoms with van der Waals surface area (Å²) in [4.78, 5) is 16.7. The number of carbonyl (C=O) groups excluding carboxylic acids is 1. The summed E-state index contributed by atoms with van der Waals surface area (Å²) in [5, 5.41) is 2.47. The number of rotatable bonds is 3. The average molecular weight is 252 g/mol. The van der Waals surface area contributed by atoms with Gasteiger partial charge in [-0.05, 0) is 35.6 Å². The number of pyridine rings is 1. The molecule has 0 aliphatic carbocycles. The number of aryl methyl sites for hydroxylation is 1. The van der Waals surface area contributed by atoms with Crippen molar-refractivity contribution in [2.24, 2.45) is 0 Å². The molecule has 0 fully saturated rings. The number of ketones is 1. The Morgan fingerprint density at radius 2 is 2.31 bits per heavy atom. The normalized spacial score (nSPS) is 10.4. The van der Waals surface area contributed by atoms with Crippen molar-refractivity contribution >= 4 is 28.7 Å². The predicted octanol–water partition coefficient (Wildman–Crippen LogP) is 3.53. The van der Waals surface area contributed by atoms with Crippen molar-refractivity contribution in [1.29, 1.82) is 0 Å². The molecule has 0 N–H and O–H groups in total. The third kappa shape index (κ3) is 2.31. The lowest BCUT2D eigenvalue weighted by Crippen LogP contribution is -2.03. The fourth-order valence-electron chi connectivity index (χ4n) is 1.46. The van der Waals surface area contributed by atoms with E-state index in [1.54, 1.807) is 18.5 Å². The summed E-state index contributed by atoms with van der Waals surface area (Å²) in [5.74, 6) is 0.112. The largest absolute Gasteiger partial charge is 0.293 e. The summed E-state index contributed by atoms with van der Waals surface area (Å²) < 4.78 is 0. The first-order valence-electron chi connectivity index (χ1n) is 4.84. The minimum atomic E-state index is 0.112. The highest BCUT2D eigenvalue weighted by Gasteiger charge is 2.12. The van der Waals surface area contributed by atoms with Gasteiger partial charge in [0.15, 0.2) is 5.78 Å². The number of halogens is 1. The van der Waals surface area contributed by atoms with Gasteiger partial charge in [0.1, 0.15) is 0 Å². The lowest BCUT2D eigenvalue weighted by atomic mass is 10.1. The van der Waals surface area contributed by atoms with E-state index < -0.39 is 0 Å². The second kappa shape index (κ2) is 4.76. The molecule has 82 valence electrons.